The maximum Gasteiger partial charge on any atom is 0.102 e. The van der Waals surface area contributed by atoms with Gasteiger partial charge in [0.05, 0.1) is 11.3 Å². The van der Waals surface area contributed by atoms with E-state index in [1.54, 1.807) is 11.8 Å². The lowest BCUT2D eigenvalue weighted by molar-refractivity contribution is 0.880. The Kier molecular flexibility index (Phi) is 4.74. The highest BCUT2D eigenvalue weighted by molar-refractivity contribution is 7.98. The van der Waals surface area contributed by atoms with Gasteiger partial charge in [0.1, 0.15) is 6.07 Å². The van der Waals surface area contributed by atoms with E-state index < -0.39 is 0 Å². The van der Waals surface area contributed by atoms with Crippen LogP contribution in [0.1, 0.15) is 33.8 Å². The minimum absolute atomic E-state index is 0.198. The van der Waals surface area contributed by atoms with E-state index >= 15 is 0 Å². The smallest absolute Gasteiger partial charge is 0.102 e. The normalized spacial score (nSPS) is 11.9. The number of nitriles is 1. The predicted molar refractivity (Wildman–Crippen MR) is 88.8 cm³/mol. The highest BCUT2D eigenvalue weighted by Crippen LogP contribution is 2.32. The number of hydrogen-bond acceptors (Lipinski definition) is 4. The quantitative estimate of drug-likeness (QED) is 0.795. The maximum absolute atomic E-state index is 9.37. The average molecular weight is 302 g/mol. The van der Waals surface area contributed by atoms with Crippen molar-refractivity contribution < 1.29 is 0 Å². The van der Waals surface area contributed by atoms with Gasteiger partial charge in [0.25, 0.3) is 0 Å². The number of rotatable bonds is 4. The Labute approximate surface area is 128 Å². The highest BCUT2D eigenvalue weighted by Gasteiger charge is 2.14. The summed E-state index contributed by atoms with van der Waals surface area (Å²) in [6, 6.07) is 10.7. The predicted octanol–water partition coefficient (Wildman–Crippen LogP) is 5.13. The number of nitrogens with one attached hydrogen (secondary N) is 1. The van der Waals surface area contributed by atoms with Gasteiger partial charge in [-0.15, -0.1) is 23.1 Å². The molecule has 1 unspecified atom stereocenters. The largest absolute Gasteiger partial charge is 0.377 e. The Hall–Kier alpha value is -1.44. The van der Waals surface area contributed by atoms with E-state index in [1.807, 2.05) is 35.8 Å². The standard InChI is InChI=1S/C16H18N2S2/c1-10-8-13(12(3)20-10)11(2)18-15-6-5-7-16(19-4)14(15)9-17/h5-8,11,18H,1-4H3. The molecule has 1 atom stereocenters. The maximum atomic E-state index is 9.37. The third kappa shape index (κ3) is 3.00. The van der Waals surface area contributed by atoms with Gasteiger partial charge in [-0.3, -0.25) is 0 Å². The topological polar surface area (TPSA) is 35.8 Å². The van der Waals surface area contributed by atoms with Crippen LogP contribution in [0, 0.1) is 25.2 Å². The minimum atomic E-state index is 0.198. The Balaban J connectivity index is 2.31. The van der Waals surface area contributed by atoms with E-state index in [2.05, 4.69) is 38.2 Å². The number of benzene rings is 1. The van der Waals surface area contributed by atoms with Crippen LogP contribution in [0.25, 0.3) is 0 Å². The molecule has 0 fully saturated rings. The van der Waals surface area contributed by atoms with Crippen LogP contribution in [0.4, 0.5) is 5.69 Å². The summed E-state index contributed by atoms with van der Waals surface area (Å²) in [5.74, 6) is 0. The molecule has 2 nitrogen and oxygen atoms in total. The molecule has 1 aromatic carbocycles. The van der Waals surface area contributed by atoms with Crippen LogP contribution in [0.2, 0.25) is 0 Å². The first-order valence-corrected chi connectivity index (χ1v) is 8.51. The van der Waals surface area contributed by atoms with Crippen LogP contribution >= 0.6 is 23.1 Å². The first-order chi connectivity index (χ1) is 9.56. The number of thioether (sulfide) groups is 1. The zero-order chi connectivity index (χ0) is 14.7. The molecule has 1 N–H and O–H groups in total. The van der Waals surface area contributed by atoms with Crippen molar-refractivity contribution in [2.45, 2.75) is 31.7 Å². The third-order valence-corrected chi connectivity index (χ3v) is 5.04. The highest BCUT2D eigenvalue weighted by atomic mass is 32.2. The van der Waals surface area contributed by atoms with Crippen molar-refractivity contribution in [3.05, 3.63) is 45.1 Å². The lowest BCUT2D eigenvalue weighted by Gasteiger charge is -2.17. The second-order valence-corrected chi connectivity index (χ2v) is 7.04. The molecule has 1 aromatic heterocycles. The van der Waals surface area contributed by atoms with Gasteiger partial charge in [0.2, 0.25) is 0 Å². The molecule has 0 radical (unpaired) electrons. The van der Waals surface area contributed by atoms with Crippen molar-refractivity contribution in [1.29, 1.82) is 5.26 Å². The van der Waals surface area contributed by atoms with E-state index in [-0.39, 0.29) is 6.04 Å². The monoisotopic (exact) mass is 302 g/mol. The van der Waals surface area contributed by atoms with E-state index in [9.17, 15) is 5.26 Å². The molecule has 20 heavy (non-hydrogen) atoms. The fourth-order valence-corrected chi connectivity index (χ4v) is 3.93. The van der Waals surface area contributed by atoms with Gasteiger partial charge in [-0.25, -0.2) is 0 Å². The molecule has 0 aliphatic rings. The van der Waals surface area contributed by atoms with Gasteiger partial charge in [-0.2, -0.15) is 5.26 Å². The van der Waals surface area contributed by atoms with Gasteiger partial charge < -0.3 is 5.32 Å². The average Bonchev–Trinajstić information content (AvgIpc) is 2.77. The number of hydrogen-bond donors (Lipinski definition) is 1. The molecule has 104 valence electrons. The molecule has 0 saturated heterocycles. The molecule has 2 rings (SSSR count). The fourth-order valence-electron chi connectivity index (χ4n) is 2.33. The lowest BCUT2D eigenvalue weighted by atomic mass is 10.1. The molecule has 0 saturated carbocycles. The molecular weight excluding hydrogens is 284 g/mol. The van der Waals surface area contributed by atoms with Crippen molar-refractivity contribution >= 4 is 28.8 Å². The Morgan fingerprint density at radius 3 is 2.65 bits per heavy atom. The van der Waals surface area contributed by atoms with Crippen LogP contribution in [0.15, 0.2) is 29.2 Å². The molecule has 4 heteroatoms. The van der Waals surface area contributed by atoms with Crippen molar-refractivity contribution in [3.8, 4) is 6.07 Å². The zero-order valence-electron chi connectivity index (χ0n) is 12.2. The summed E-state index contributed by atoms with van der Waals surface area (Å²) in [6.45, 7) is 6.42. The Morgan fingerprint density at radius 1 is 1.35 bits per heavy atom. The SMILES string of the molecule is CSc1cccc(NC(C)c2cc(C)sc2C)c1C#N. The van der Waals surface area contributed by atoms with Crippen molar-refractivity contribution in [1.82, 2.24) is 0 Å². The molecular formula is C16H18N2S2. The van der Waals surface area contributed by atoms with Crippen molar-refractivity contribution in [3.63, 3.8) is 0 Å². The van der Waals surface area contributed by atoms with E-state index in [1.165, 1.54) is 15.3 Å². The van der Waals surface area contributed by atoms with Gasteiger partial charge in [-0.05, 0) is 50.8 Å². The Morgan fingerprint density at radius 2 is 2.10 bits per heavy atom. The fraction of sp³-hybridized carbons (Fsp3) is 0.312. The summed E-state index contributed by atoms with van der Waals surface area (Å²) in [6.07, 6.45) is 2.00. The molecule has 0 amide bonds. The van der Waals surface area contributed by atoms with E-state index in [0.717, 1.165) is 16.1 Å². The summed E-state index contributed by atoms with van der Waals surface area (Å²) in [7, 11) is 0. The summed E-state index contributed by atoms with van der Waals surface area (Å²) < 4.78 is 0. The van der Waals surface area contributed by atoms with Crippen molar-refractivity contribution in [2.24, 2.45) is 0 Å². The minimum Gasteiger partial charge on any atom is -0.377 e. The molecule has 1 heterocycles. The molecule has 0 spiro atoms. The van der Waals surface area contributed by atoms with Crippen LogP contribution in [-0.4, -0.2) is 6.26 Å². The summed E-state index contributed by atoms with van der Waals surface area (Å²) in [5.41, 5.74) is 2.96. The summed E-state index contributed by atoms with van der Waals surface area (Å²) in [4.78, 5) is 3.68. The van der Waals surface area contributed by atoms with Gasteiger partial charge >= 0.3 is 0 Å². The van der Waals surface area contributed by atoms with Gasteiger partial charge in [0.15, 0.2) is 0 Å². The molecule has 0 aliphatic carbocycles. The van der Waals surface area contributed by atoms with Crippen LogP contribution < -0.4 is 5.32 Å². The number of anilines is 1. The van der Waals surface area contributed by atoms with Crippen LogP contribution in [0.3, 0.4) is 0 Å². The molecule has 2 aromatic rings. The summed E-state index contributed by atoms with van der Waals surface area (Å²) >= 11 is 3.42. The number of aryl methyl sites for hydroxylation is 2. The van der Waals surface area contributed by atoms with E-state index in [4.69, 9.17) is 0 Å². The third-order valence-electron chi connectivity index (χ3n) is 3.28. The first-order valence-electron chi connectivity index (χ1n) is 6.47. The molecule has 0 bridgehead atoms. The van der Waals surface area contributed by atoms with Crippen LogP contribution in [-0.2, 0) is 0 Å². The second kappa shape index (κ2) is 6.34. The zero-order valence-corrected chi connectivity index (χ0v) is 13.8. The second-order valence-electron chi connectivity index (χ2n) is 4.73. The first kappa shape index (κ1) is 15.0. The van der Waals surface area contributed by atoms with Crippen molar-refractivity contribution in [2.75, 3.05) is 11.6 Å². The van der Waals surface area contributed by atoms with Gasteiger partial charge in [0, 0.05) is 20.7 Å². The summed E-state index contributed by atoms with van der Waals surface area (Å²) in [5, 5.41) is 12.8. The van der Waals surface area contributed by atoms with Crippen LogP contribution in [0.5, 0.6) is 0 Å². The van der Waals surface area contributed by atoms with E-state index in [0.29, 0.717) is 0 Å². The number of nitrogens with zero attached hydrogens (tertiary/aromatic N) is 1. The lowest BCUT2D eigenvalue weighted by Crippen LogP contribution is -2.08. The number of thiophene rings is 1. The Bertz CT molecular complexity index is 653. The molecule has 0 aliphatic heterocycles. The van der Waals surface area contributed by atoms with Gasteiger partial charge in [-0.1, -0.05) is 6.07 Å².